The number of rotatable bonds is 4. The molecular formula is C16H20N4O3. The minimum absolute atomic E-state index is 0.0391. The van der Waals surface area contributed by atoms with Crippen LogP contribution in [0.4, 0.5) is 0 Å². The van der Waals surface area contributed by atoms with Gasteiger partial charge in [0.25, 0.3) is 5.91 Å². The van der Waals surface area contributed by atoms with E-state index in [1.165, 1.54) is 0 Å². The Kier molecular flexibility index (Phi) is 4.57. The number of benzene rings is 1. The number of piperazine rings is 1. The third-order valence-electron chi connectivity index (χ3n) is 3.90. The van der Waals surface area contributed by atoms with Crippen LogP contribution in [0.5, 0.6) is 5.75 Å². The third-order valence-corrected chi connectivity index (χ3v) is 3.90. The number of hydrogen-bond acceptors (Lipinski definition) is 6. The maximum Gasteiger partial charge on any atom is 0.254 e. The van der Waals surface area contributed by atoms with Crippen molar-refractivity contribution in [1.82, 2.24) is 20.0 Å². The first kappa shape index (κ1) is 15.5. The summed E-state index contributed by atoms with van der Waals surface area (Å²) in [6.45, 7) is 5.35. The molecule has 7 nitrogen and oxygen atoms in total. The summed E-state index contributed by atoms with van der Waals surface area (Å²) < 4.78 is 10.6. The SMILES string of the molecule is COc1cccc(C(=O)N2CCN(Cc3nnc(C)o3)CC2)c1. The Morgan fingerprint density at radius 3 is 2.70 bits per heavy atom. The molecule has 1 saturated heterocycles. The van der Waals surface area contributed by atoms with Gasteiger partial charge in [-0.2, -0.15) is 0 Å². The van der Waals surface area contributed by atoms with Crippen LogP contribution in [0.3, 0.4) is 0 Å². The van der Waals surface area contributed by atoms with E-state index in [9.17, 15) is 4.79 Å². The predicted molar refractivity (Wildman–Crippen MR) is 83.2 cm³/mol. The molecule has 3 rings (SSSR count). The van der Waals surface area contributed by atoms with Crippen LogP contribution in [0.15, 0.2) is 28.7 Å². The molecule has 2 aromatic rings. The fourth-order valence-corrected chi connectivity index (χ4v) is 2.64. The second kappa shape index (κ2) is 6.78. The van der Waals surface area contributed by atoms with Gasteiger partial charge in [0, 0.05) is 38.7 Å². The average Bonchev–Trinajstić information content (AvgIpc) is 3.00. The lowest BCUT2D eigenvalue weighted by atomic mass is 10.1. The molecule has 1 fully saturated rings. The van der Waals surface area contributed by atoms with Gasteiger partial charge in [0.15, 0.2) is 0 Å². The van der Waals surface area contributed by atoms with Crippen molar-refractivity contribution in [3.63, 3.8) is 0 Å². The lowest BCUT2D eigenvalue weighted by molar-refractivity contribution is 0.0617. The van der Waals surface area contributed by atoms with Gasteiger partial charge in [0.1, 0.15) is 5.75 Å². The van der Waals surface area contributed by atoms with Crippen LogP contribution in [0.1, 0.15) is 22.1 Å². The molecule has 1 aromatic heterocycles. The van der Waals surface area contributed by atoms with Crippen LogP contribution in [-0.4, -0.2) is 59.2 Å². The van der Waals surface area contributed by atoms with Crippen molar-refractivity contribution in [1.29, 1.82) is 0 Å². The summed E-state index contributed by atoms with van der Waals surface area (Å²) >= 11 is 0. The van der Waals surface area contributed by atoms with Gasteiger partial charge in [-0.1, -0.05) is 6.07 Å². The minimum atomic E-state index is 0.0391. The van der Waals surface area contributed by atoms with Crippen LogP contribution >= 0.6 is 0 Å². The number of amides is 1. The quantitative estimate of drug-likeness (QED) is 0.848. The van der Waals surface area contributed by atoms with Crippen molar-refractivity contribution in [2.75, 3.05) is 33.3 Å². The van der Waals surface area contributed by atoms with Crippen molar-refractivity contribution in [3.8, 4) is 5.75 Å². The Hall–Kier alpha value is -2.41. The smallest absolute Gasteiger partial charge is 0.254 e. The highest BCUT2D eigenvalue weighted by Crippen LogP contribution is 2.16. The summed E-state index contributed by atoms with van der Waals surface area (Å²) in [5.41, 5.74) is 0.658. The first-order valence-electron chi connectivity index (χ1n) is 7.60. The maximum atomic E-state index is 12.5. The van der Waals surface area contributed by atoms with E-state index in [-0.39, 0.29) is 5.91 Å². The average molecular weight is 316 g/mol. The Bertz CT molecular complexity index is 677. The van der Waals surface area contributed by atoms with Gasteiger partial charge in [-0.3, -0.25) is 9.69 Å². The Labute approximate surface area is 134 Å². The highest BCUT2D eigenvalue weighted by Gasteiger charge is 2.23. The molecule has 7 heteroatoms. The second-order valence-corrected chi connectivity index (χ2v) is 5.52. The maximum absolute atomic E-state index is 12.5. The molecule has 0 atom stereocenters. The molecule has 0 aliphatic carbocycles. The number of hydrogen-bond donors (Lipinski definition) is 0. The predicted octanol–water partition coefficient (Wildman–Crippen LogP) is 1.34. The lowest BCUT2D eigenvalue weighted by Crippen LogP contribution is -2.48. The van der Waals surface area contributed by atoms with Crippen molar-refractivity contribution in [2.45, 2.75) is 13.5 Å². The molecule has 0 unspecified atom stereocenters. The van der Waals surface area contributed by atoms with Crippen LogP contribution in [0.2, 0.25) is 0 Å². The second-order valence-electron chi connectivity index (χ2n) is 5.52. The Morgan fingerprint density at radius 1 is 1.26 bits per heavy atom. The van der Waals surface area contributed by atoms with Crippen LogP contribution in [-0.2, 0) is 6.54 Å². The van der Waals surface area contributed by atoms with Crippen LogP contribution < -0.4 is 4.74 Å². The van der Waals surface area contributed by atoms with E-state index < -0.39 is 0 Å². The number of nitrogens with zero attached hydrogens (tertiary/aromatic N) is 4. The zero-order valence-corrected chi connectivity index (χ0v) is 13.4. The van der Waals surface area contributed by atoms with E-state index in [4.69, 9.17) is 9.15 Å². The molecule has 0 bridgehead atoms. The fourth-order valence-electron chi connectivity index (χ4n) is 2.64. The molecular weight excluding hydrogens is 296 g/mol. The highest BCUT2D eigenvalue weighted by molar-refractivity contribution is 5.94. The molecule has 23 heavy (non-hydrogen) atoms. The Balaban J connectivity index is 1.56. The van der Waals surface area contributed by atoms with Crippen molar-refractivity contribution >= 4 is 5.91 Å². The zero-order chi connectivity index (χ0) is 16.2. The largest absolute Gasteiger partial charge is 0.497 e. The minimum Gasteiger partial charge on any atom is -0.497 e. The van der Waals surface area contributed by atoms with Crippen molar-refractivity contribution in [3.05, 3.63) is 41.6 Å². The Morgan fingerprint density at radius 2 is 2.04 bits per heavy atom. The number of carbonyl (C=O) groups excluding carboxylic acids is 1. The van der Waals surface area contributed by atoms with E-state index >= 15 is 0 Å². The van der Waals surface area contributed by atoms with Gasteiger partial charge >= 0.3 is 0 Å². The van der Waals surface area contributed by atoms with E-state index in [1.807, 2.05) is 23.1 Å². The summed E-state index contributed by atoms with van der Waals surface area (Å²) in [6, 6.07) is 7.26. The van der Waals surface area contributed by atoms with Crippen molar-refractivity contribution < 1.29 is 13.9 Å². The number of carbonyl (C=O) groups is 1. The molecule has 122 valence electrons. The number of aryl methyl sites for hydroxylation is 1. The summed E-state index contributed by atoms with van der Waals surface area (Å²) in [6.07, 6.45) is 0. The summed E-state index contributed by atoms with van der Waals surface area (Å²) in [4.78, 5) is 16.6. The highest BCUT2D eigenvalue weighted by atomic mass is 16.5. The summed E-state index contributed by atoms with van der Waals surface area (Å²) in [7, 11) is 1.60. The zero-order valence-electron chi connectivity index (χ0n) is 13.4. The van der Waals surface area contributed by atoms with Gasteiger partial charge in [-0.25, -0.2) is 0 Å². The first-order valence-corrected chi connectivity index (χ1v) is 7.60. The molecule has 1 aliphatic rings. The molecule has 0 spiro atoms. The molecule has 0 N–H and O–H groups in total. The van der Waals surface area contributed by atoms with Gasteiger partial charge in [0.2, 0.25) is 11.8 Å². The normalized spacial score (nSPS) is 15.7. The monoisotopic (exact) mass is 316 g/mol. The molecule has 1 amide bonds. The summed E-state index contributed by atoms with van der Waals surface area (Å²) in [5, 5.41) is 7.84. The van der Waals surface area contributed by atoms with Gasteiger partial charge < -0.3 is 14.1 Å². The van der Waals surface area contributed by atoms with Crippen LogP contribution in [0.25, 0.3) is 0 Å². The van der Waals surface area contributed by atoms with Gasteiger partial charge in [0.05, 0.1) is 13.7 Å². The van der Waals surface area contributed by atoms with Gasteiger partial charge in [-0.15, -0.1) is 10.2 Å². The summed E-state index contributed by atoms with van der Waals surface area (Å²) in [5.74, 6) is 1.93. The molecule has 2 heterocycles. The third kappa shape index (κ3) is 3.68. The van der Waals surface area contributed by atoms with E-state index in [2.05, 4.69) is 15.1 Å². The number of ether oxygens (including phenoxy) is 1. The lowest BCUT2D eigenvalue weighted by Gasteiger charge is -2.34. The molecule has 0 radical (unpaired) electrons. The molecule has 1 aliphatic heterocycles. The number of aromatic nitrogens is 2. The van der Waals surface area contributed by atoms with E-state index in [0.29, 0.717) is 42.7 Å². The van der Waals surface area contributed by atoms with E-state index in [1.54, 1.807) is 20.1 Å². The van der Waals surface area contributed by atoms with Gasteiger partial charge in [-0.05, 0) is 18.2 Å². The number of methoxy groups -OCH3 is 1. The molecule has 0 saturated carbocycles. The van der Waals surface area contributed by atoms with E-state index in [0.717, 1.165) is 13.1 Å². The van der Waals surface area contributed by atoms with Crippen molar-refractivity contribution in [2.24, 2.45) is 0 Å². The standard InChI is InChI=1S/C16H20N4O3/c1-12-17-18-15(23-12)11-19-6-8-20(9-7-19)16(21)13-4-3-5-14(10-13)22-2/h3-5,10H,6-9,11H2,1-2H3. The molecule has 1 aromatic carbocycles. The first-order chi connectivity index (χ1) is 11.2. The van der Waals surface area contributed by atoms with Crippen LogP contribution in [0, 0.1) is 6.92 Å². The topological polar surface area (TPSA) is 71.7 Å². The fraction of sp³-hybridized carbons (Fsp3) is 0.438.